The molecule has 0 aliphatic carbocycles. The molecule has 25 heavy (non-hydrogen) atoms. The van der Waals surface area contributed by atoms with Crippen LogP contribution < -0.4 is 4.90 Å². The molecule has 0 saturated carbocycles. The average Bonchev–Trinajstić information content (AvgIpc) is 3.27. The first-order chi connectivity index (χ1) is 12.2. The fourth-order valence-electron chi connectivity index (χ4n) is 3.40. The van der Waals surface area contributed by atoms with Gasteiger partial charge in [-0.25, -0.2) is 4.98 Å². The van der Waals surface area contributed by atoms with Crippen LogP contribution in [0.5, 0.6) is 0 Å². The first-order valence-electron chi connectivity index (χ1n) is 8.43. The van der Waals surface area contributed by atoms with Gasteiger partial charge in [-0.2, -0.15) is 5.10 Å². The van der Waals surface area contributed by atoms with Crippen molar-refractivity contribution in [1.82, 2.24) is 29.5 Å². The third-order valence-corrected chi connectivity index (χ3v) is 4.98. The second-order valence-electron chi connectivity index (χ2n) is 6.33. The fourth-order valence-corrected chi connectivity index (χ4v) is 3.64. The van der Waals surface area contributed by atoms with Crippen LogP contribution in [0.3, 0.4) is 0 Å². The van der Waals surface area contributed by atoms with Crippen molar-refractivity contribution in [3.05, 3.63) is 53.5 Å². The van der Waals surface area contributed by atoms with Gasteiger partial charge in [-0.15, -0.1) is 10.2 Å². The predicted molar refractivity (Wildman–Crippen MR) is 95.8 cm³/mol. The zero-order valence-electron chi connectivity index (χ0n) is 14.1. The number of aromatic nitrogens is 6. The third kappa shape index (κ3) is 3.24. The SMILES string of the molecule is Cn1c(Cn2cccn2)nnc1C1CCCN(c2ncccc2Cl)C1. The Morgan fingerprint density at radius 2 is 2.16 bits per heavy atom. The summed E-state index contributed by atoms with van der Waals surface area (Å²) in [5, 5.41) is 13.8. The molecule has 0 aromatic carbocycles. The van der Waals surface area contributed by atoms with Gasteiger partial charge in [0.25, 0.3) is 0 Å². The van der Waals surface area contributed by atoms with Crippen molar-refractivity contribution in [3.8, 4) is 0 Å². The largest absolute Gasteiger partial charge is 0.355 e. The van der Waals surface area contributed by atoms with Crippen LogP contribution in [0.25, 0.3) is 0 Å². The van der Waals surface area contributed by atoms with Crippen LogP contribution in [0.15, 0.2) is 36.8 Å². The van der Waals surface area contributed by atoms with E-state index >= 15 is 0 Å². The van der Waals surface area contributed by atoms with Crippen LogP contribution >= 0.6 is 11.6 Å². The lowest BCUT2D eigenvalue weighted by molar-refractivity contribution is 0.475. The normalized spacial score (nSPS) is 17.8. The second kappa shape index (κ2) is 6.84. The maximum Gasteiger partial charge on any atom is 0.154 e. The highest BCUT2D eigenvalue weighted by atomic mass is 35.5. The summed E-state index contributed by atoms with van der Waals surface area (Å²) in [5.41, 5.74) is 0. The molecule has 0 amide bonds. The maximum absolute atomic E-state index is 6.32. The highest BCUT2D eigenvalue weighted by molar-refractivity contribution is 6.32. The van der Waals surface area contributed by atoms with Crippen molar-refractivity contribution < 1.29 is 0 Å². The predicted octanol–water partition coefficient (Wildman–Crippen LogP) is 2.49. The van der Waals surface area contributed by atoms with Crippen molar-refractivity contribution in [2.45, 2.75) is 25.3 Å². The number of nitrogens with zero attached hydrogens (tertiary/aromatic N) is 7. The highest BCUT2D eigenvalue weighted by Gasteiger charge is 2.27. The van der Waals surface area contributed by atoms with E-state index in [1.54, 1.807) is 12.4 Å². The molecule has 0 radical (unpaired) electrons. The number of pyridine rings is 1. The molecule has 7 nitrogen and oxygen atoms in total. The van der Waals surface area contributed by atoms with Crippen LogP contribution in [-0.2, 0) is 13.6 Å². The first kappa shape index (κ1) is 16.1. The van der Waals surface area contributed by atoms with Gasteiger partial charge in [-0.3, -0.25) is 4.68 Å². The van der Waals surface area contributed by atoms with Crippen molar-refractivity contribution in [2.24, 2.45) is 7.05 Å². The zero-order chi connectivity index (χ0) is 17.2. The third-order valence-electron chi connectivity index (χ3n) is 4.69. The van der Waals surface area contributed by atoms with Gasteiger partial charge in [0.2, 0.25) is 0 Å². The molecule has 0 spiro atoms. The minimum atomic E-state index is 0.315. The molecule has 0 bridgehead atoms. The number of piperidine rings is 1. The minimum absolute atomic E-state index is 0.315. The van der Waals surface area contributed by atoms with Gasteiger partial charge in [0, 0.05) is 44.6 Å². The van der Waals surface area contributed by atoms with Crippen LogP contribution in [0.4, 0.5) is 5.82 Å². The first-order valence-corrected chi connectivity index (χ1v) is 8.81. The van der Waals surface area contributed by atoms with Gasteiger partial charge >= 0.3 is 0 Å². The number of halogens is 1. The molecular weight excluding hydrogens is 338 g/mol. The number of anilines is 1. The molecule has 130 valence electrons. The fraction of sp³-hybridized carbons (Fsp3) is 0.412. The number of hydrogen-bond acceptors (Lipinski definition) is 5. The van der Waals surface area contributed by atoms with Gasteiger partial charge in [0.1, 0.15) is 18.2 Å². The molecule has 3 aromatic heterocycles. The topological polar surface area (TPSA) is 64.7 Å². The number of rotatable bonds is 4. The zero-order valence-corrected chi connectivity index (χ0v) is 14.8. The van der Waals surface area contributed by atoms with E-state index in [4.69, 9.17) is 11.6 Å². The monoisotopic (exact) mass is 357 g/mol. The van der Waals surface area contributed by atoms with E-state index in [1.807, 2.05) is 36.1 Å². The summed E-state index contributed by atoms with van der Waals surface area (Å²) in [5.74, 6) is 3.09. The average molecular weight is 358 g/mol. The van der Waals surface area contributed by atoms with Gasteiger partial charge in [0.15, 0.2) is 5.82 Å². The molecular formula is C17H20ClN7. The summed E-state index contributed by atoms with van der Waals surface area (Å²) in [6, 6.07) is 5.66. The molecule has 0 N–H and O–H groups in total. The standard InChI is InChI=1S/C17H20ClN7/c1-23-15(12-25-10-4-8-20-25)21-22-16(23)13-5-3-9-24(11-13)17-14(18)6-2-7-19-17/h2,4,6-8,10,13H,3,5,9,11-12H2,1H3. The molecule has 1 unspecified atom stereocenters. The Kier molecular flexibility index (Phi) is 4.40. The summed E-state index contributed by atoms with van der Waals surface area (Å²) in [4.78, 5) is 6.70. The van der Waals surface area contributed by atoms with Crippen LogP contribution in [0.2, 0.25) is 5.02 Å². The lowest BCUT2D eigenvalue weighted by Crippen LogP contribution is -2.36. The molecule has 1 aliphatic rings. The summed E-state index contributed by atoms with van der Waals surface area (Å²) >= 11 is 6.32. The summed E-state index contributed by atoms with van der Waals surface area (Å²) < 4.78 is 3.95. The Bertz CT molecular complexity index is 843. The van der Waals surface area contributed by atoms with Crippen molar-refractivity contribution in [3.63, 3.8) is 0 Å². The Balaban J connectivity index is 1.54. The summed E-state index contributed by atoms with van der Waals surface area (Å²) in [7, 11) is 2.03. The maximum atomic E-state index is 6.32. The Morgan fingerprint density at radius 1 is 1.24 bits per heavy atom. The van der Waals surface area contributed by atoms with Crippen molar-refractivity contribution in [1.29, 1.82) is 0 Å². The van der Waals surface area contributed by atoms with Crippen molar-refractivity contribution in [2.75, 3.05) is 18.0 Å². The van der Waals surface area contributed by atoms with Crippen LogP contribution in [-0.4, -0.2) is 42.6 Å². The minimum Gasteiger partial charge on any atom is -0.355 e. The van der Waals surface area contributed by atoms with Crippen LogP contribution in [0, 0.1) is 0 Å². The van der Waals surface area contributed by atoms with Gasteiger partial charge in [-0.05, 0) is 31.0 Å². The van der Waals surface area contributed by atoms with E-state index in [0.717, 1.165) is 43.4 Å². The van der Waals surface area contributed by atoms with Crippen molar-refractivity contribution >= 4 is 17.4 Å². The molecule has 8 heteroatoms. The Labute approximate surface area is 151 Å². The molecule has 4 heterocycles. The van der Waals surface area contributed by atoms with Gasteiger partial charge in [-0.1, -0.05) is 11.6 Å². The summed E-state index contributed by atoms with van der Waals surface area (Å²) in [6.45, 7) is 2.44. The molecule has 1 aliphatic heterocycles. The van der Waals surface area contributed by atoms with E-state index in [0.29, 0.717) is 17.5 Å². The smallest absolute Gasteiger partial charge is 0.154 e. The van der Waals surface area contributed by atoms with Gasteiger partial charge in [0.05, 0.1) is 5.02 Å². The number of hydrogen-bond donors (Lipinski definition) is 0. The lowest BCUT2D eigenvalue weighted by Gasteiger charge is -2.33. The molecule has 1 fully saturated rings. The van der Waals surface area contributed by atoms with Crippen LogP contribution in [0.1, 0.15) is 30.4 Å². The Hall–Kier alpha value is -2.41. The molecule has 4 rings (SSSR count). The quantitative estimate of drug-likeness (QED) is 0.717. The Morgan fingerprint density at radius 3 is 2.96 bits per heavy atom. The summed E-state index contributed by atoms with van der Waals surface area (Å²) in [6.07, 6.45) is 7.66. The molecule has 3 aromatic rings. The van der Waals surface area contributed by atoms with Gasteiger partial charge < -0.3 is 9.47 Å². The van der Waals surface area contributed by atoms with E-state index in [1.165, 1.54) is 0 Å². The second-order valence-corrected chi connectivity index (χ2v) is 6.74. The van der Waals surface area contributed by atoms with E-state index in [2.05, 4.69) is 29.7 Å². The molecule has 1 saturated heterocycles. The van der Waals surface area contributed by atoms with E-state index in [9.17, 15) is 0 Å². The highest BCUT2D eigenvalue weighted by Crippen LogP contribution is 2.31. The lowest BCUT2D eigenvalue weighted by atomic mass is 9.97. The van der Waals surface area contributed by atoms with E-state index < -0.39 is 0 Å². The van der Waals surface area contributed by atoms with E-state index in [-0.39, 0.29) is 0 Å². The molecule has 1 atom stereocenters.